The predicted octanol–water partition coefficient (Wildman–Crippen LogP) is 1.29. The van der Waals surface area contributed by atoms with Crippen molar-refractivity contribution in [2.75, 3.05) is 0 Å². The van der Waals surface area contributed by atoms with Crippen LogP contribution >= 0.6 is 0 Å². The third-order valence-electron chi connectivity index (χ3n) is 2.82. The summed E-state index contributed by atoms with van der Waals surface area (Å²) in [5, 5.41) is 14.7. The number of rotatable bonds is 6. The van der Waals surface area contributed by atoms with Gasteiger partial charge in [0.05, 0.1) is 0 Å². The van der Waals surface area contributed by atoms with E-state index in [1.165, 1.54) is 6.20 Å². The van der Waals surface area contributed by atoms with E-state index in [-0.39, 0.29) is 5.57 Å². The molecule has 2 rings (SSSR count). The first kappa shape index (κ1) is 15.2. The van der Waals surface area contributed by atoms with Crippen LogP contribution in [0.2, 0.25) is 0 Å². The number of carbonyl (C=O) groups excluding carboxylic acids is 1. The van der Waals surface area contributed by atoms with Gasteiger partial charge in [0, 0.05) is 44.1 Å². The van der Waals surface area contributed by atoms with Gasteiger partial charge in [0.1, 0.15) is 11.6 Å². The lowest BCUT2D eigenvalue weighted by atomic mass is 10.2. The molecule has 6 heteroatoms. The number of hydrogen-bond acceptors (Lipinski definition) is 5. The van der Waals surface area contributed by atoms with Crippen LogP contribution in [0.3, 0.4) is 0 Å². The molecule has 2 N–H and O–H groups in total. The van der Waals surface area contributed by atoms with Gasteiger partial charge >= 0.3 is 0 Å². The molecule has 0 fully saturated rings. The summed E-state index contributed by atoms with van der Waals surface area (Å²) in [6.45, 7) is 0.823. The van der Waals surface area contributed by atoms with Crippen LogP contribution in [-0.4, -0.2) is 15.9 Å². The molecule has 0 saturated heterocycles. The largest absolute Gasteiger partial charge is 0.386 e. The van der Waals surface area contributed by atoms with Gasteiger partial charge in [-0.1, -0.05) is 12.1 Å². The van der Waals surface area contributed by atoms with Gasteiger partial charge in [-0.3, -0.25) is 14.8 Å². The summed E-state index contributed by atoms with van der Waals surface area (Å²) in [5.41, 5.74) is 1.86. The van der Waals surface area contributed by atoms with E-state index in [9.17, 15) is 4.79 Å². The number of pyridine rings is 2. The fraction of sp³-hybridized carbons (Fsp3) is 0.125. The van der Waals surface area contributed by atoms with E-state index in [0.717, 1.165) is 11.1 Å². The van der Waals surface area contributed by atoms with Crippen molar-refractivity contribution in [2.24, 2.45) is 0 Å². The van der Waals surface area contributed by atoms with Gasteiger partial charge in [-0.15, -0.1) is 0 Å². The molecule has 0 bridgehead atoms. The highest BCUT2D eigenvalue weighted by molar-refractivity contribution is 5.97. The van der Waals surface area contributed by atoms with E-state index in [2.05, 4.69) is 20.6 Å². The second-order valence-electron chi connectivity index (χ2n) is 4.46. The van der Waals surface area contributed by atoms with Gasteiger partial charge in [-0.2, -0.15) is 5.26 Å². The van der Waals surface area contributed by atoms with E-state index in [0.29, 0.717) is 13.1 Å². The molecule has 0 saturated carbocycles. The summed E-state index contributed by atoms with van der Waals surface area (Å²) < 4.78 is 0. The maximum absolute atomic E-state index is 11.9. The van der Waals surface area contributed by atoms with Crippen LogP contribution in [0.15, 0.2) is 60.8 Å². The molecule has 0 atom stereocenters. The maximum atomic E-state index is 11.9. The van der Waals surface area contributed by atoms with Crippen LogP contribution in [-0.2, 0) is 17.9 Å². The summed E-state index contributed by atoms with van der Waals surface area (Å²) >= 11 is 0. The predicted molar refractivity (Wildman–Crippen MR) is 80.9 cm³/mol. The van der Waals surface area contributed by atoms with Crippen LogP contribution in [0, 0.1) is 11.3 Å². The molecule has 1 amide bonds. The topological polar surface area (TPSA) is 90.7 Å². The van der Waals surface area contributed by atoms with Gasteiger partial charge in [-0.05, 0) is 23.3 Å². The Morgan fingerprint density at radius 2 is 1.77 bits per heavy atom. The van der Waals surface area contributed by atoms with Crippen molar-refractivity contribution in [2.45, 2.75) is 13.1 Å². The fourth-order valence-corrected chi connectivity index (χ4v) is 1.70. The Kier molecular flexibility index (Phi) is 5.64. The van der Waals surface area contributed by atoms with E-state index >= 15 is 0 Å². The van der Waals surface area contributed by atoms with Gasteiger partial charge in [0.15, 0.2) is 0 Å². The minimum absolute atomic E-state index is 0.0211. The van der Waals surface area contributed by atoms with Gasteiger partial charge in [-0.25, -0.2) is 0 Å². The monoisotopic (exact) mass is 293 g/mol. The number of nitrogens with zero attached hydrogens (tertiary/aromatic N) is 3. The number of aromatic nitrogens is 2. The van der Waals surface area contributed by atoms with E-state index in [1.807, 2.05) is 24.3 Å². The Balaban J connectivity index is 1.86. The quantitative estimate of drug-likeness (QED) is 0.618. The smallest absolute Gasteiger partial charge is 0.263 e. The molecule has 2 heterocycles. The molecule has 0 radical (unpaired) electrons. The summed E-state index contributed by atoms with van der Waals surface area (Å²) in [6.07, 6.45) is 8.14. The third kappa shape index (κ3) is 4.72. The van der Waals surface area contributed by atoms with Gasteiger partial charge < -0.3 is 10.6 Å². The van der Waals surface area contributed by atoms with Crippen LogP contribution < -0.4 is 10.6 Å². The molecule has 0 aliphatic heterocycles. The Morgan fingerprint density at radius 1 is 1.14 bits per heavy atom. The molecule has 0 spiro atoms. The van der Waals surface area contributed by atoms with Crippen LogP contribution in [0.25, 0.3) is 0 Å². The summed E-state index contributed by atoms with van der Waals surface area (Å²) in [6, 6.07) is 9.25. The summed E-state index contributed by atoms with van der Waals surface area (Å²) in [7, 11) is 0. The van der Waals surface area contributed by atoms with Crippen molar-refractivity contribution in [1.29, 1.82) is 5.26 Å². The minimum atomic E-state index is -0.426. The number of hydrogen-bond donors (Lipinski definition) is 2. The van der Waals surface area contributed by atoms with Gasteiger partial charge in [0.25, 0.3) is 5.91 Å². The molecule has 2 aromatic rings. The highest BCUT2D eigenvalue weighted by Crippen LogP contribution is 1.98. The van der Waals surface area contributed by atoms with Crippen molar-refractivity contribution in [3.05, 3.63) is 72.0 Å². The second-order valence-corrected chi connectivity index (χ2v) is 4.46. The van der Waals surface area contributed by atoms with Crippen LogP contribution in [0.4, 0.5) is 0 Å². The minimum Gasteiger partial charge on any atom is -0.386 e. The average molecular weight is 293 g/mol. The Morgan fingerprint density at radius 3 is 2.32 bits per heavy atom. The van der Waals surface area contributed by atoms with Crippen LogP contribution in [0.5, 0.6) is 0 Å². The molecule has 22 heavy (non-hydrogen) atoms. The Labute approximate surface area is 128 Å². The Hall–Kier alpha value is -3.20. The van der Waals surface area contributed by atoms with Crippen molar-refractivity contribution in [1.82, 2.24) is 20.6 Å². The number of amides is 1. The zero-order chi connectivity index (χ0) is 15.6. The standard InChI is InChI=1S/C16H15N5O/c17-7-15(12-20-10-13-3-1-5-18-8-13)16(22)21-11-14-4-2-6-19-9-14/h1-6,8-9,12,20H,10-11H2,(H,21,22)/b15-12-. The third-order valence-corrected chi connectivity index (χ3v) is 2.82. The highest BCUT2D eigenvalue weighted by atomic mass is 16.1. The van der Waals surface area contributed by atoms with E-state index in [4.69, 9.17) is 5.26 Å². The van der Waals surface area contributed by atoms with Crippen molar-refractivity contribution < 1.29 is 4.79 Å². The number of nitriles is 1. The summed E-state index contributed by atoms with van der Waals surface area (Å²) in [5.74, 6) is -0.426. The first-order chi connectivity index (χ1) is 10.8. The molecule has 0 aliphatic carbocycles. The SMILES string of the molecule is N#C/C(=C/NCc1cccnc1)C(=O)NCc1cccnc1. The lowest BCUT2D eigenvalue weighted by Crippen LogP contribution is -2.25. The molecule has 6 nitrogen and oxygen atoms in total. The first-order valence-electron chi connectivity index (χ1n) is 6.69. The molecular formula is C16H15N5O. The normalized spacial score (nSPS) is 10.6. The highest BCUT2D eigenvalue weighted by Gasteiger charge is 2.08. The molecule has 0 unspecified atom stereocenters. The summed E-state index contributed by atoms with van der Waals surface area (Å²) in [4.78, 5) is 19.9. The molecular weight excluding hydrogens is 278 g/mol. The first-order valence-corrected chi connectivity index (χ1v) is 6.69. The van der Waals surface area contributed by atoms with Crippen molar-refractivity contribution in [3.63, 3.8) is 0 Å². The Bertz CT molecular complexity index is 677. The lowest BCUT2D eigenvalue weighted by Gasteiger charge is -2.05. The fourth-order valence-electron chi connectivity index (χ4n) is 1.70. The molecule has 0 aromatic carbocycles. The second kappa shape index (κ2) is 8.17. The number of carbonyl (C=O) groups is 1. The van der Waals surface area contributed by atoms with E-state index in [1.54, 1.807) is 30.9 Å². The van der Waals surface area contributed by atoms with Crippen LogP contribution in [0.1, 0.15) is 11.1 Å². The van der Waals surface area contributed by atoms with Gasteiger partial charge in [0.2, 0.25) is 0 Å². The zero-order valence-electron chi connectivity index (χ0n) is 11.9. The van der Waals surface area contributed by atoms with Crippen molar-refractivity contribution >= 4 is 5.91 Å². The molecule has 2 aromatic heterocycles. The lowest BCUT2D eigenvalue weighted by molar-refractivity contribution is -0.117. The maximum Gasteiger partial charge on any atom is 0.263 e. The molecule has 0 aliphatic rings. The zero-order valence-corrected chi connectivity index (χ0v) is 11.9. The average Bonchev–Trinajstić information content (AvgIpc) is 2.58. The van der Waals surface area contributed by atoms with E-state index < -0.39 is 5.91 Å². The van der Waals surface area contributed by atoms with Crippen molar-refractivity contribution in [3.8, 4) is 6.07 Å². The number of nitrogens with one attached hydrogen (secondary N) is 2. The molecule has 110 valence electrons.